The average Bonchev–Trinajstić information content (AvgIpc) is 2.86. The van der Waals surface area contributed by atoms with E-state index in [1.54, 1.807) is 24.5 Å². The second-order valence-electron chi connectivity index (χ2n) is 8.83. The summed E-state index contributed by atoms with van der Waals surface area (Å²) in [6.45, 7) is 2.17. The number of anilines is 1. The predicted molar refractivity (Wildman–Crippen MR) is 142 cm³/mol. The van der Waals surface area contributed by atoms with Crippen molar-refractivity contribution in [1.29, 1.82) is 0 Å². The monoisotopic (exact) mass is 512 g/mol. The summed E-state index contributed by atoms with van der Waals surface area (Å²) in [5, 5.41) is 11.4. The minimum atomic E-state index is -3.96. The molecule has 0 atom stereocenters. The normalized spacial score (nSPS) is 11.6. The number of fused-ring (bicyclic) bond motifs is 2. The number of nitrogens with zero attached hydrogens (tertiary/aromatic N) is 3. The van der Waals surface area contributed by atoms with Crippen molar-refractivity contribution in [2.45, 2.75) is 24.8 Å². The van der Waals surface area contributed by atoms with Gasteiger partial charge in [-0.1, -0.05) is 18.2 Å². The molecule has 0 saturated heterocycles. The SMILES string of the molecule is Cc1cc2cc(Cc3cc(C(=O)NCc4ccc5c(N)nccc5c4)ccn3)cc(S(N)(=O)=O)c2cn1. The quantitative estimate of drug-likeness (QED) is 0.315. The van der Waals surface area contributed by atoms with Crippen molar-refractivity contribution >= 4 is 43.3 Å². The molecule has 3 aromatic heterocycles. The number of carbonyl (C=O) groups excluding carboxylic acids is 1. The molecular formula is C27H24N6O3S. The molecule has 0 spiro atoms. The largest absolute Gasteiger partial charge is 0.383 e. The Kier molecular flexibility index (Phi) is 6.28. The number of hydrogen-bond acceptors (Lipinski definition) is 7. The number of nitrogens with two attached hydrogens (primary N) is 2. The Morgan fingerprint density at radius 1 is 0.892 bits per heavy atom. The third-order valence-electron chi connectivity index (χ3n) is 6.08. The van der Waals surface area contributed by atoms with Crippen molar-refractivity contribution in [3.63, 3.8) is 0 Å². The molecule has 0 aliphatic carbocycles. The third-order valence-corrected chi connectivity index (χ3v) is 7.03. The van der Waals surface area contributed by atoms with Crippen LogP contribution < -0.4 is 16.2 Å². The highest BCUT2D eigenvalue weighted by Crippen LogP contribution is 2.26. The lowest BCUT2D eigenvalue weighted by Crippen LogP contribution is -2.23. The molecule has 3 heterocycles. The molecule has 10 heteroatoms. The van der Waals surface area contributed by atoms with E-state index in [1.165, 1.54) is 12.3 Å². The Hall–Kier alpha value is -4.41. The lowest BCUT2D eigenvalue weighted by molar-refractivity contribution is 0.0950. The first-order valence-corrected chi connectivity index (χ1v) is 13.0. The molecule has 0 unspecified atom stereocenters. The van der Waals surface area contributed by atoms with E-state index in [0.29, 0.717) is 41.0 Å². The molecule has 9 nitrogen and oxygen atoms in total. The van der Waals surface area contributed by atoms with E-state index in [2.05, 4.69) is 20.3 Å². The lowest BCUT2D eigenvalue weighted by atomic mass is 10.0. The molecular weight excluding hydrogens is 488 g/mol. The van der Waals surface area contributed by atoms with E-state index in [0.717, 1.165) is 27.4 Å². The fraction of sp³-hybridized carbons (Fsp3) is 0.111. The summed E-state index contributed by atoms with van der Waals surface area (Å²) in [6, 6.07) is 16.2. The van der Waals surface area contributed by atoms with E-state index in [4.69, 9.17) is 10.9 Å². The smallest absolute Gasteiger partial charge is 0.251 e. The van der Waals surface area contributed by atoms with Crippen LogP contribution in [0.5, 0.6) is 0 Å². The van der Waals surface area contributed by atoms with Gasteiger partial charge in [0, 0.05) is 59.3 Å². The van der Waals surface area contributed by atoms with Crippen LogP contribution in [0.3, 0.4) is 0 Å². The number of benzene rings is 2. The standard InChI is InChI=1S/C27H24N6O3S/c1-16-8-21-10-18(12-25(37(29,35)36)24(21)15-32-16)11-22-13-20(5-6-30-22)27(34)33-14-17-2-3-23-19(9-17)4-7-31-26(23)28/h2-10,12-13,15H,11,14H2,1H3,(H2,28,31)(H,33,34)(H2,29,35,36). The van der Waals surface area contributed by atoms with Gasteiger partial charge in [-0.05, 0) is 65.2 Å². The van der Waals surface area contributed by atoms with Gasteiger partial charge in [0.2, 0.25) is 10.0 Å². The number of nitrogens with one attached hydrogen (secondary N) is 1. The Morgan fingerprint density at radius 2 is 1.68 bits per heavy atom. The molecule has 0 fully saturated rings. The molecule has 0 aliphatic rings. The Bertz CT molecular complexity index is 1790. The fourth-order valence-electron chi connectivity index (χ4n) is 4.30. The van der Waals surface area contributed by atoms with E-state index < -0.39 is 10.0 Å². The number of sulfonamides is 1. The second kappa shape index (κ2) is 9.57. The highest BCUT2D eigenvalue weighted by Gasteiger charge is 2.16. The maximum atomic E-state index is 12.9. The Balaban J connectivity index is 1.36. The number of primary sulfonamides is 1. The van der Waals surface area contributed by atoms with Crippen molar-refractivity contribution in [2.24, 2.45) is 5.14 Å². The molecule has 0 bridgehead atoms. The van der Waals surface area contributed by atoms with Gasteiger partial charge in [0.25, 0.3) is 5.91 Å². The molecule has 0 aliphatic heterocycles. The molecule has 1 amide bonds. The van der Waals surface area contributed by atoms with Crippen molar-refractivity contribution in [1.82, 2.24) is 20.3 Å². The number of amides is 1. The molecule has 0 radical (unpaired) electrons. The maximum Gasteiger partial charge on any atom is 0.251 e. The van der Waals surface area contributed by atoms with Gasteiger partial charge in [-0.25, -0.2) is 18.5 Å². The zero-order chi connectivity index (χ0) is 26.2. The van der Waals surface area contributed by atoms with E-state index in [1.807, 2.05) is 43.3 Å². The predicted octanol–water partition coefficient (Wildman–Crippen LogP) is 3.24. The molecule has 0 saturated carbocycles. The second-order valence-corrected chi connectivity index (χ2v) is 10.4. The number of pyridine rings is 3. The third kappa shape index (κ3) is 5.25. The van der Waals surface area contributed by atoms with Gasteiger partial charge < -0.3 is 11.1 Å². The number of carbonyl (C=O) groups is 1. The summed E-state index contributed by atoms with van der Waals surface area (Å²) in [4.78, 5) is 25.5. The van der Waals surface area contributed by atoms with Gasteiger partial charge in [-0.2, -0.15) is 0 Å². The van der Waals surface area contributed by atoms with Crippen molar-refractivity contribution < 1.29 is 13.2 Å². The average molecular weight is 513 g/mol. The van der Waals surface area contributed by atoms with Crippen LogP contribution in [0.2, 0.25) is 0 Å². The Labute approximate surface area is 213 Å². The molecule has 5 N–H and O–H groups in total. The first-order valence-electron chi connectivity index (χ1n) is 11.5. The van der Waals surface area contributed by atoms with E-state index in [-0.39, 0.29) is 10.8 Å². The number of aromatic nitrogens is 3. The zero-order valence-corrected chi connectivity index (χ0v) is 20.8. The highest BCUT2D eigenvalue weighted by molar-refractivity contribution is 7.89. The topological polar surface area (TPSA) is 154 Å². The highest BCUT2D eigenvalue weighted by atomic mass is 32.2. The number of hydrogen-bond donors (Lipinski definition) is 3. The summed E-state index contributed by atoms with van der Waals surface area (Å²) in [7, 11) is -3.96. The van der Waals surface area contributed by atoms with Gasteiger partial charge in [0.1, 0.15) is 5.82 Å². The van der Waals surface area contributed by atoms with Crippen LogP contribution in [0.1, 0.15) is 32.9 Å². The number of rotatable bonds is 6. The summed E-state index contributed by atoms with van der Waals surface area (Å²) in [5.74, 6) is 0.218. The van der Waals surface area contributed by atoms with Crippen LogP contribution in [0.15, 0.2) is 78.1 Å². The Morgan fingerprint density at radius 3 is 2.49 bits per heavy atom. The summed E-state index contributed by atoms with van der Waals surface area (Å²) < 4.78 is 24.5. The van der Waals surface area contributed by atoms with Gasteiger partial charge >= 0.3 is 0 Å². The lowest BCUT2D eigenvalue weighted by Gasteiger charge is -2.10. The summed E-state index contributed by atoms with van der Waals surface area (Å²) >= 11 is 0. The summed E-state index contributed by atoms with van der Waals surface area (Å²) in [6.07, 6.45) is 5.05. The van der Waals surface area contributed by atoms with Crippen molar-refractivity contribution in [3.8, 4) is 0 Å². The molecule has 37 heavy (non-hydrogen) atoms. The zero-order valence-electron chi connectivity index (χ0n) is 20.0. The van der Waals surface area contributed by atoms with Crippen LogP contribution >= 0.6 is 0 Å². The maximum absolute atomic E-state index is 12.9. The molecule has 186 valence electrons. The minimum absolute atomic E-state index is 0.00863. The van der Waals surface area contributed by atoms with Crippen LogP contribution in [0.25, 0.3) is 21.5 Å². The van der Waals surface area contributed by atoms with Crippen molar-refractivity contribution in [3.05, 3.63) is 101 Å². The van der Waals surface area contributed by atoms with E-state index in [9.17, 15) is 13.2 Å². The number of nitrogen functional groups attached to an aromatic ring is 1. The molecule has 5 rings (SSSR count). The molecule has 2 aromatic carbocycles. The first-order chi connectivity index (χ1) is 17.7. The minimum Gasteiger partial charge on any atom is -0.383 e. The van der Waals surface area contributed by atoms with E-state index >= 15 is 0 Å². The van der Waals surface area contributed by atoms with Gasteiger partial charge in [0.05, 0.1) is 4.90 Å². The van der Waals surface area contributed by atoms with Crippen LogP contribution in [0.4, 0.5) is 5.82 Å². The fourth-order valence-corrected chi connectivity index (χ4v) is 5.09. The van der Waals surface area contributed by atoms with Gasteiger partial charge in [0.15, 0.2) is 0 Å². The van der Waals surface area contributed by atoms with Crippen LogP contribution in [-0.4, -0.2) is 29.3 Å². The summed E-state index contributed by atoms with van der Waals surface area (Å²) in [5.41, 5.74) is 9.37. The first kappa shape index (κ1) is 24.3. The van der Waals surface area contributed by atoms with Crippen LogP contribution in [0, 0.1) is 6.92 Å². The van der Waals surface area contributed by atoms with Gasteiger partial charge in [-0.15, -0.1) is 0 Å². The number of aryl methyl sites for hydroxylation is 1. The van der Waals surface area contributed by atoms with Gasteiger partial charge in [-0.3, -0.25) is 14.8 Å². The molecule has 5 aromatic rings. The van der Waals surface area contributed by atoms with Crippen molar-refractivity contribution in [2.75, 3.05) is 5.73 Å². The van der Waals surface area contributed by atoms with Crippen LogP contribution in [-0.2, 0) is 23.0 Å².